The molecule has 0 aliphatic rings. The van der Waals surface area contributed by atoms with Crippen molar-refractivity contribution >= 4 is 0 Å². The van der Waals surface area contributed by atoms with Crippen LogP contribution in [0.1, 0.15) is 11.1 Å². The normalized spacial score (nSPS) is 10.3. The highest BCUT2D eigenvalue weighted by Crippen LogP contribution is 2.28. The van der Waals surface area contributed by atoms with Crippen LogP contribution in [0.25, 0.3) is 0 Å². The first kappa shape index (κ1) is 15.1. The van der Waals surface area contributed by atoms with Crippen molar-refractivity contribution in [1.82, 2.24) is 0 Å². The van der Waals surface area contributed by atoms with E-state index in [1.807, 2.05) is 12.1 Å². The largest absolute Gasteiger partial charge is 0.493 e. The van der Waals surface area contributed by atoms with Gasteiger partial charge in [-0.05, 0) is 35.4 Å². The van der Waals surface area contributed by atoms with Crippen LogP contribution < -0.4 is 19.9 Å². The molecule has 0 atom stereocenters. The summed E-state index contributed by atoms with van der Waals surface area (Å²) in [4.78, 5) is 0. The zero-order valence-corrected chi connectivity index (χ0v) is 12.1. The number of halogens is 1. The number of methoxy groups -OCH3 is 2. The van der Waals surface area contributed by atoms with Crippen LogP contribution in [0.2, 0.25) is 0 Å². The monoisotopic (exact) mass is 291 g/mol. The summed E-state index contributed by atoms with van der Waals surface area (Å²) in [6.07, 6.45) is 0. The second-order valence-electron chi connectivity index (χ2n) is 4.48. The van der Waals surface area contributed by atoms with Crippen LogP contribution in [0.5, 0.6) is 17.2 Å². The molecule has 0 aromatic heterocycles. The summed E-state index contributed by atoms with van der Waals surface area (Å²) in [5, 5.41) is 0. The fraction of sp³-hybridized carbons (Fsp3) is 0.250. The maximum absolute atomic E-state index is 13.4. The van der Waals surface area contributed by atoms with E-state index in [0.29, 0.717) is 29.4 Å². The van der Waals surface area contributed by atoms with Gasteiger partial charge in [-0.3, -0.25) is 0 Å². The molecule has 2 rings (SSSR count). The van der Waals surface area contributed by atoms with Crippen molar-refractivity contribution < 1.29 is 18.6 Å². The fourth-order valence-electron chi connectivity index (χ4n) is 1.96. The van der Waals surface area contributed by atoms with E-state index in [2.05, 4.69) is 0 Å². The Balaban J connectivity index is 2.11. The van der Waals surface area contributed by atoms with E-state index in [1.165, 1.54) is 12.1 Å². The summed E-state index contributed by atoms with van der Waals surface area (Å²) in [7, 11) is 3.15. The molecule has 5 heteroatoms. The molecule has 0 saturated heterocycles. The van der Waals surface area contributed by atoms with E-state index in [-0.39, 0.29) is 12.4 Å². The smallest absolute Gasteiger partial charge is 0.161 e. The lowest BCUT2D eigenvalue weighted by atomic mass is 10.2. The third-order valence-electron chi connectivity index (χ3n) is 3.02. The maximum Gasteiger partial charge on any atom is 0.161 e. The molecule has 0 fully saturated rings. The Hall–Kier alpha value is -2.27. The second-order valence-corrected chi connectivity index (χ2v) is 4.48. The van der Waals surface area contributed by atoms with Crippen LogP contribution in [0.4, 0.5) is 4.39 Å². The van der Waals surface area contributed by atoms with Crippen LogP contribution in [-0.4, -0.2) is 14.2 Å². The number of hydrogen-bond donors (Lipinski definition) is 1. The van der Waals surface area contributed by atoms with Crippen molar-refractivity contribution in [3.8, 4) is 17.2 Å². The molecule has 2 aromatic rings. The van der Waals surface area contributed by atoms with Crippen LogP contribution in [0, 0.1) is 5.82 Å². The predicted octanol–water partition coefficient (Wildman–Crippen LogP) is 2.88. The number of rotatable bonds is 6. The van der Waals surface area contributed by atoms with Crippen LogP contribution >= 0.6 is 0 Å². The van der Waals surface area contributed by atoms with Gasteiger partial charge in [-0.25, -0.2) is 4.39 Å². The third kappa shape index (κ3) is 3.86. The van der Waals surface area contributed by atoms with Gasteiger partial charge in [0.15, 0.2) is 11.5 Å². The highest BCUT2D eigenvalue weighted by Gasteiger charge is 2.06. The zero-order valence-electron chi connectivity index (χ0n) is 12.1. The zero-order chi connectivity index (χ0) is 15.2. The lowest BCUT2D eigenvalue weighted by Gasteiger charge is -2.11. The first-order valence-corrected chi connectivity index (χ1v) is 6.49. The van der Waals surface area contributed by atoms with Gasteiger partial charge in [0.1, 0.15) is 18.2 Å². The molecular formula is C16H18FNO3. The minimum absolute atomic E-state index is 0.268. The van der Waals surface area contributed by atoms with Gasteiger partial charge in [-0.1, -0.05) is 6.07 Å². The fourth-order valence-corrected chi connectivity index (χ4v) is 1.96. The lowest BCUT2D eigenvalue weighted by Crippen LogP contribution is -2.01. The Morgan fingerprint density at radius 1 is 0.952 bits per heavy atom. The van der Waals surface area contributed by atoms with Gasteiger partial charge >= 0.3 is 0 Å². The topological polar surface area (TPSA) is 53.7 Å². The van der Waals surface area contributed by atoms with E-state index in [4.69, 9.17) is 19.9 Å². The molecule has 112 valence electrons. The van der Waals surface area contributed by atoms with Gasteiger partial charge in [-0.15, -0.1) is 0 Å². The van der Waals surface area contributed by atoms with E-state index in [9.17, 15) is 4.39 Å². The average molecular weight is 291 g/mol. The van der Waals surface area contributed by atoms with Crippen LogP contribution in [0.15, 0.2) is 36.4 Å². The predicted molar refractivity (Wildman–Crippen MR) is 78.2 cm³/mol. The summed E-state index contributed by atoms with van der Waals surface area (Å²) in [5.41, 5.74) is 7.10. The Labute approximate surface area is 123 Å². The van der Waals surface area contributed by atoms with Gasteiger partial charge < -0.3 is 19.9 Å². The summed E-state index contributed by atoms with van der Waals surface area (Å²) >= 11 is 0. The van der Waals surface area contributed by atoms with Crippen molar-refractivity contribution in [3.05, 3.63) is 53.3 Å². The molecule has 0 radical (unpaired) electrons. The van der Waals surface area contributed by atoms with Gasteiger partial charge in [0, 0.05) is 12.6 Å². The van der Waals surface area contributed by atoms with Gasteiger partial charge in [0.2, 0.25) is 0 Å². The van der Waals surface area contributed by atoms with Crippen molar-refractivity contribution in [2.75, 3.05) is 14.2 Å². The van der Waals surface area contributed by atoms with Crippen molar-refractivity contribution in [2.24, 2.45) is 5.73 Å². The Morgan fingerprint density at radius 2 is 1.71 bits per heavy atom. The van der Waals surface area contributed by atoms with E-state index in [1.54, 1.807) is 26.4 Å². The summed E-state index contributed by atoms with van der Waals surface area (Å²) in [6, 6.07) is 9.94. The Bertz CT molecular complexity index is 616. The standard InChI is InChI=1S/C16H18FNO3/c1-19-15-4-3-11(7-16(15)20-2)10-21-14-6-12(9-18)5-13(17)8-14/h3-8H,9-10,18H2,1-2H3. The first-order valence-electron chi connectivity index (χ1n) is 6.49. The van der Waals surface area contributed by atoms with Crippen molar-refractivity contribution in [3.63, 3.8) is 0 Å². The molecule has 2 N–H and O–H groups in total. The van der Waals surface area contributed by atoms with E-state index >= 15 is 0 Å². The number of hydrogen-bond acceptors (Lipinski definition) is 4. The molecule has 0 aliphatic carbocycles. The van der Waals surface area contributed by atoms with Gasteiger partial charge in [0.25, 0.3) is 0 Å². The Kier molecular flexibility index (Phi) is 5.00. The number of benzene rings is 2. The van der Waals surface area contributed by atoms with Crippen molar-refractivity contribution in [2.45, 2.75) is 13.2 Å². The van der Waals surface area contributed by atoms with Crippen molar-refractivity contribution in [1.29, 1.82) is 0 Å². The first-order chi connectivity index (χ1) is 10.2. The number of nitrogens with two attached hydrogens (primary N) is 1. The molecule has 0 aliphatic heterocycles. The van der Waals surface area contributed by atoms with E-state index in [0.717, 1.165) is 5.56 Å². The molecule has 0 saturated carbocycles. The third-order valence-corrected chi connectivity index (χ3v) is 3.02. The molecule has 0 amide bonds. The van der Waals surface area contributed by atoms with Crippen LogP contribution in [0.3, 0.4) is 0 Å². The molecule has 4 nitrogen and oxygen atoms in total. The van der Waals surface area contributed by atoms with Gasteiger partial charge in [0.05, 0.1) is 14.2 Å². The minimum Gasteiger partial charge on any atom is -0.493 e. The lowest BCUT2D eigenvalue weighted by molar-refractivity contribution is 0.302. The molecule has 0 spiro atoms. The summed E-state index contributed by atoms with van der Waals surface area (Å²) < 4.78 is 29.4. The maximum atomic E-state index is 13.4. The van der Waals surface area contributed by atoms with E-state index < -0.39 is 0 Å². The molecule has 21 heavy (non-hydrogen) atoms. The molecular weight excluding hydrogens is 273 g/mol. The molecule has 0 bridgehead atoms. The average Bonchev–Trinajstić information content (AvgIpc) is 2.52. The minimum atomic E-state index is -0.361. The van der Waals surface area contributed by atoms with Crippen LogP contribution in [-0.2, 0) is 13.2 Å². The molecule has 0 unspecified atom stereocenters. The molecule has 2 aromatic carbocycles. The highest BCUT2D eigenvalue weighted by atomic mass is 19.1. The molecule has 0 heterocycles. The second kappa shape index (κ2) is 6.95. The van der Waals surface area contributed by atoms with Gasteiger partial charge in [-0.2, -0.15) is 0 Å². The SMILES string of the molecule is COc1ccc(COc2cc(F)cc(CN)c2)cc1OC. The highest BCUT2D eigenvalue weighted by molar-refractivity contribution is 5.42. The number of ether oxygens (including phenoxy) is 3. The summed E-state index contributed by atoms with van der Waals surface area (Å²) in [6.45, 7) is 0.568. The quantitative estimate of drug-likeness (QED) is 0.889. The summed E-state index contributed by atoms with van der Waals surface area (Å²) in [5.74, 6) is 1.36. The Morgan fingerprint density at radius 3 is 2.38 bits per heavy atom.